The minimum absolute atomic E-state index is 0.0831. The van der Waals surface area contributed by atoms with Crippen LogP contribution in [0.15, 0.2) is 42.5 Å². The molecule has 5 nitrogen and oxygen atoms in total. The Kier molecular flexibility index (Phi) is 5.69. The number of anilines is 1. The summed E-state index contributed by atoms with van der Waals surface area (Å²) in [7, 11) is 1.47. The van der Waals surface area contributed by atoms with Gasteiger partial charge < -0.3 is 15.5 Å². The van der Waals surface area contributed by atoms with E-state index in [9.17, 15) is 22.8 Å². The minimum atomic E-state index is -4.65. The Hall–Kier alpha value is -2.87. The molecule has 0 atom stereocenters. The molecule has 8 heteroatoms. The van der Waals surface area contributed by atoms with Crippen LogP contribution in [-0.2, 0) is 6.18 Å². The third-order valence-electron chi connectivity index (χ3n) is 4.66. The van der Waals surface area contributed by atoms with Crippen LogP contribution < -0.4 is 15.5 Å². The third kappa shape index (κ3) is 3.87. The second kappa shape index (κ2) is 8.02. The summed E-state index contributed by atoms with van der Waals surface area (Å²) in [6.45, 7) is 2.37. The fourth-order valence-electron chi connectivity index (χ4n) is 3.35. The Balaban J connectivity index is 2.17. The average Bonchev–Trinajstić information content (AvgIpc) is 2.72. The van der Waals surface area contributed by atoms with Crippen LogP contribution in [0.5, 0.6) is 0 Å². The van der Waals surface area contributed by atoms with E-state index in [0.717, 1.165) is 6.07 Å². The Bertz CT molecular complexity index is 891. The summed E-state index contributed by atoms with van der Waals surface area (Å²) in [6.07, 6.45) is -4.65. The van der Waals surface area contributed by atoms with Gasteiger partial charge in [-0.1, -0.05) is 24.3 Å². The van der Waals surface area contributed by atoms with Crippen molar-refractivity contribution in [2.24, 2.45) is 0 Å². The zero-order valence-electron chi connectivity index (χ0n) is 15.3. The summed E-state index contributed by atoms with van der Waals surface area (Å²) in [4.78, 5) is 27.4. The van der Waals surface area contributed by atoms with E-state index in [2.05, 4.69) is 10.6 Å². The number of para-hydroxylation sites is 1. The van der Waals surface area contributed by atoms with Gasteiger partial charge in [0, 0.05) is 44.4 Å². The molecule has 0 saturated carbocycles. The molecule has 1 amide bonds. The van der Waals surface area contributed by atoms with Gasteiger partial charge in [0.1, 0.15) is 0 Å². The number of amides is 1. The number of carbonyl (C=O) groups excluding carboxylic acids is 2. The van der Waals surface area contributed by atoms with E-state index in [1.54, 1.807) is 6.07 Å². The van der Waals surface area contributed by atoms with Gasteiger partial charge in [0.05, 0.1) is 16.8 Å². The quantitative estimate of drug-likeness (QED) is 0.787. The van der Waals surface area contributed by atoms with Crippen LogP contribution in [0.1, 0.15) is 31.8 Å². The summed E-state index contributed by atoms with van der Waals surface area (Å²) >= 11 is 0. The van der Waals surface area contributed by atoms with Crippen molar-refractivity contribution in [3.63, 3.8) is 0 Å². The number of rotatable bonds is 4. The Labute approximate surface area is 160 Å². The van der Waals surface area contributed by atoms with E-state index in [-0.39, 0.29) is 11.1 Å². The highest BCUT2D eigenvalue weighted by atomic mass is 19.4. The Morgan fingerprint density at radius 3 is 2.21 bits per heavy atom. The first-order chi connectivity index (χ1) is 13.3. The molecule has 1 aliphatic rings. The molecule has 1 fully saturated rings. The van der Waals surface area contributed by atoms with Crippen LogP contribution in [0.2, 0.25) is 0 Å². The molecule has 0 aromatic heterocycles. The molecule has 1 heterocycles. The molecule has 1 saturated heterocycles. The summed E-state index contributed by atoms with van der Waals surface area (Å²) < 4.78 is 40.2. The number of nitrogens with zero attached hydrogens (tertiary/aromatic N) is 1. The number of hydrogen-bond donors (Lipinski definition) is 2. The van der Waals surface area contributed by atoms with E-state index in [0.29, 0.717) is 31.9 Å². The topological polar surface area (TPSA) is 61.4 Å². The van der Waals surface area contributed by atoms with Gasteiger partial charge in [0.25, 0.3) is 5.91 Å². The van der Waals surface area contributed by atoms with Crippen molar-refractivity contribution in [3.8, 4) is 0 Å². The monoisotopic (exact) mass is 391 g/mol. The van der Waals surface area contributed by atoms with Crippen LogP contribution in [0.3, 0.4) is 0 Å². The molecule has 2 aromatic carbocycles. The number of ketones is 1. The molecule has 2 N–H and O–H groups in total. The molecule has 0 aliphatic carbocycles. The lowest BCUT2D eigenvalue weighted by Gasteiger charge is -2.32. The minimum Gasteiger partial charge on any atom is -0.368 e. The highest BCUT2D eigenvalue weighted by Gasteiger charge is 2.36. The molecule has 148 valence electrons. The van der Waals surface area contributed by atoms with Crippen molar-refractivity contribution in [1.29, 1.82) is 0 Å². The standard InChI is InChI=1S/C20H20F3N3O2/c1-24-19(28)15-7-4-6-14(17(15)26-11-9-25-10-12-26)18(27)13-5-2-3-8-16(13)20(21,22)23/h2-8,25H,9-12H2,1H3,(H,24,28). The first-order valence-electron chi connectivity index (χ1n) is 8.86. The molecule has 2 aromatic rings. The smallest absolute Gasteiger partial charge is 0.368 e. The van der Waals surface area contributed by atoms with E-state index in [1.165, 1.54) is 37.4 Å². The normalized spacial score (nSPS) is 14.6. The maximum atomic E-state index is 13.4. The van der Waals surface area contributed by atoms with Crippen molar-refractivity contribution in [2.75, 3.05) is 38.1 Å². The molecule has 1 aliphatic heterocycles. The summed E-state index contributed by atoms with van der Waals surface area (Å²) in [5.74, 6) is -1.15. The summed E-state index contributed by atoms with van der Waals surface area (Å²) in [6, 6.07) is 9.26. The van der Waals surface area contributed by atoms with Crippen LogP contribution in [0.25, 0.3) is 0 Å². The first-order valence-corrected chi connectivity index (χ1v) is 8.86. The predicted molar refractivity (Wildman–Crippen MR) is 99.8 cm³/mol. The molecule has 28 heavy (non-hydrogen) atoms. The van der Waals surface area contributed by atoms with E-state index < -0.39 is 29.0 Å². The number of carbonyl (C=O) groups is 2. The van der Waals surface area contributed by atoms with E-state index in [4.69, 9.17) is 0 Å². The summed E-state index contributed by atoms with van der Waals surface area (Å²) in [5, 5.41) is 5.71. The molecule has 0 unspecified atom stereocenters. The van der Waals surface area contributed by atoms with Gasteiger partial charge in [0.2, 0.25) is 0 Å². The maximum absolute atomic E-state index is 13.4. The van der Waals surface area contributed by atoms with Gasteiger partial charge in [0.15, 0.2) is 5.78 Å². The highest BCUT2D eigenvalue weighted by molar-refractivity contribution is 6.16. The van der Waals surface area contributed by atoms with Gasteiger partial charge in [-0.3, -0.25) is 9.59 Å². The van der Waals surface area contributed by atoms with Crippen LogP contribution >= 0.6 is 0 Å². The van der Waals surface area contributed by atoms with Gasteiger partial charge >= 0.3 is 6.18 Å². The zero-order valence-corrected chi connectivity index (χ0v) is 15.3. The summed E-state index contributed by atoms with van der Waals surface area (Å²) in [5.41, 5.74) is -0.707. The Morgan fingerprint density at radius 1 is 0.964 bits per heavy atom. The van der Waals surface area contributed by atoms with Gasteiger partial charge in [-0.25, -0.2) is 0 Å². The van der Waals surface area contributed by atoms with Crippen molar-refractivity contribution in [2.45, 2.75) is 6.18 Å². The number of alkyl halides is 3. The predicted octanol–water partition coefficient (Wildman–Crippen LogP) is 2.71. The maximum Gasteiger partial charge on any atom is 0.417 e. The number of benzene rings is 2. The van der Waals surface area contributed by atoms with Crippen molar-refractivity contribution >= 4 is 17.4 Å². The van der Waals surface area contributed by atoms with Crippen molar-refractivity contribution < 1.29 is 22.8 Å². The fourth-order valence-corrected chi connectivity index (χ4v) is 3.35. The number of halogens is 3. The lowest BCUT2D eigenvalue weighted by atomic mass is 9.94. The third-order valence-corrected chi connectivity index (χ3v) is 4.66. The van der Waals surface area contributed by atoms with E-state index in [1.807, 2.05) is 4.90 Å². The first kappa shape index (κ1) is 19.9. The second-order valence-electron chi connectivity index (χ2n) is 6.39. The molecule has 0 bridgehead atoms. The lowest BCUT2D eigenvalue weighted by molar-refractivity contribution is -0.137. The van der Waals surface area contributed by atoms with E-state index >= 15 is 0 Å². The van der Waals surface area contributed by atoms with Crippen LogP contribution in [0.4, 0.5) is 18.9 Å². The number of piperazine rings is 1. The number of nitrogens with one attached hydrogen (secondary N) is 2. The second-order valence-corrected chi connectivity index (χ2v) is 6.39. The Morgan fingerprint density at radius 2 is 1.57 bits per heavy atom. The molecule has 0 spiro atoms. The average molecular weight is 391 g/mol. The van der Waals surface area contributed by atoms with Crippen LogP contribution in [0, 0.1) is 0 Å². The van der Waals surface area contributed by atoms with Crippen LogP contribution in [-0.4, -0.2) is 44.9 Å². The molecular weight excluding hydrogens is 371 g/mol. The van der Waals surface area contributed by atoms with Crippen molar-refractivity contribution in [3.05, 3.63) is 64.7 Å². The van der Waals surface area contributed by atoms with Gasteiger partial charge in [-0.05, 0) is 18.2 Å². The highest BCUT2D eigenvalue weighted by Crippen LogP contribution is 2.35. The van der Waals surface area contributed by atoms with Gasteiger partial charge in [-0.15, -0.1) is 0 Å². The largest absolute Gasteiger partial charge is 0.417 e. The SMILES string of the molecule is CNC(=O)c1cccc(C(=O)c2ccccc2C(F)(F)F)c1N1CCNCC1. The molecule has 3 rings (SSSR count). The lowest BCUT2D eigenvalue weighted by Crippen LogP contribution is -2.45. The van der Waals surface area contributed by atoms with Gasteiger partial charge in [-0.2, -0.15) is 13.2 Å². The number of hydrogen-bond acceptors (Lipinski definition) is 4. The molecular formula is C20H20F3N3O2. The van der Waals surface area contributed by atoms with Crippen molar-refractivity contribution in [1.82, 2.24) is 10.6 Å². The molecule has 0 radical (unpaired) electrons. The zero-order chi connectivity index (χ0) is 20.3. The fraction of sp³-hybridized carbons (Fsp3) is 0.300.